The molecule has 0 spiro atoms. The summed E-state index contributed by atoms with van der Waals surface area (Å²) in [6.07, 6.45) is 2.44. The number of hydrogen-bond acceptors (Lipinski definition) is 6. The number of ether oxygens (including phenoxy) is 4. The molecule has 2 rings (SSSR count). The number of benzene rings is 1. The van der Waals surface area contributed by atoms with Gasteiger partial charge in [0.05, 0.1) is 39.6 Å². The summed E-state index contributed by atoms with van der Waals surface area (Å²) in [5.74, 6) is 0.561. The summed E-state index contributed by atoms with van der Waals surface area (Å²) in [5, 5.41) is 0. The van der Waals surface area contributed by atoms with E-state index in [0.29, 0.717) is 63.2 Å². The predicted octanol–water partition coefficient (Wildman–Crippen LogP) is 1.64. The average Bonchev–Trinajstić information content (AvgIpc) is 2.52. The maximum atomic E-state index is 10.8. The quantitative estimate of drug-likeness (QED) is 0.736. The standard InChI is InChI=1S/C15H19NO5/c17-12-13-1-2-14-15(11-13)21-10-9-20-8-7-19-6-5-18-4-3-16-14/h1-3,11-12H,4-10H2. The summed E-state index contributed by atoms with van der Waals surface area (Å²) >= 11 is 0. The van der Waals surface area contributed by atoms with Crippen LogP contribution < -0.4 is 4.74 Å². The molecule has 0 fully saturated rings. The van der Waals surface area contributed by atoms with Gasteiger partial charge in [0.2, 0.25) is 0 Å². The normalized spacial score (nSPS) is 17.9. The number of aldehydes is 1. The third-order valence-electron chi connectivity index (χ3n) is 2.77. The first-order valence-corrected chi connectivity index (χ1v) is 6.88. The zero-order valence-corrected chi connectivity index (χ0v) is 11.8. The van der Waals surface area contributed by atoms with Gasteiger partial charge in [0.1, 0.15) is 24.3 Å². The van der Waals surface area contributed by atoms with Crippen molar-refractivity contribution in [1.29, 1.82) is 0 Å². The molecule has 114 valence electrons. The molecule has 0 saturated heterocycles. The van der Waals surface area contributed by atoms with Crippen LogP contribution in [0.5, 0.6) is 5.75 Å². The van der Waals surface area contributed by atoms with E-state index in [1.165, 1.54) is 0 Å². The van der Waals surface area contributed by atoms with Crippen LogP contribution >= 0.6 is 0 Å². The Morgan fingerprint density at radius 2 is 1.67 bits per heavy atom. The fourth-order valence-electron chi connectivity index (χ4n) is 1.75. The first kappa shape index (κ1) is 15.6. The molecule has 6 nitrogen and oxygen atoms in total. The van der Waals surface area contributed by atoms with Crippen molar-refractivity contribution in [1.82, 2.24) is 0 Å². The summed E-state index contributed by atoms with van der Waals surface area (Å²) in [6, 6.07) is 5.12. The molecular formula is C15H19NO5. The lowest BCUT2D eigenvalue weighted by atomic mass is 10.2. The van der Waals surface area contributed by atoms with E-state index >= 15 is 0 Å². The second-order valence-electron chi connectivity index (χ2n) is 4.30. The molecular weight excluding hydrogens is 274 g/mol. The average molecular weight is 293 g/mol. The SMILES string of the molecule is O=Cc1ccc2c(c1)OCCOCCOCCOCC=N2. The Balaban J connectivity index is 2.05. The molecule has 1 aromatic rings. The molecule has 21 heavy (non-hydrogen) atoms. The maximum Gasteiger partial charge on any atom is 0.150 e. The monoisotopic (exact) mass is 293 g/mol. The van der Waals surface area contributed by atoms with Gasteiger partial charge >= 0.3 is 0 Å². The van der Waals surface area contributed by atoms with Crippen molar-refractivity contribution in [2.24, 2.45) is 4.99 Å². The van der Waals surface area contributed by atoms with Crippen LogP contribution in [-0.2, 0) is 14.2 Å². The van der Waals surface area contributed by atoms with Crippen LogP contribution in [0, 0.1) is 0 Å². The minimum atomic E-state index is 0.390. The number of carbonyl (C=O) groups excluding carboxylic acids is 1. The van der Waals surface area contributed by atoms with Crippen molar-refractivity contribution in [2.75, 3.05) is 46.2 Å². The molecule has 0 atom stereocenters. The van der Waals surface area contributed by atoms with Crippen LogP contribution in [0.25, 0.3) is 0 Å². The summed E-state index contributed by atoms with van der Waals surface area (Å²) in [6.45, 7) is 3.33. The highest BCUT2D eigenvalue weighted by Gasteiger charge is 2.04. The molecule has 1 aliphatic rings. The minimum absolute atomic E-state index is 0.390. The van der Waals surface area contributed by atoms with E-state index in [4.69, 9.17) is 18.9 Å². The predicted molar refractivity (Wildman–Crippen MR) is 77.9 cm³/mol. The summed E-state index contributed by atoms with van der Waals surface area (Å²) in [5.41, 5.74) is 1.21. The summed E-state index contributed by atoms with van der Waals surface area (Å²) < 4.78 is 21.7. The van der Waals surface area contributed by atoms with Crippen molar-refractivity contribution in [3.8, 4) is 5.75 Å². The van der Waals surface area contributed by atoms with Gasteiger partial charge in [0.25, 0.3) is 0 Å². The highest BCUT2D eigenvalue weighted by molar-refractivity contribution is 5.78. The highest BCUT2D eigenvalue weighted by atomic mass is 16.6. The van der Waals surface area contributed by atoms with E-state index in [1.54, 1.807) is 24.4 Å². The number of hydrogen-bond donors (Lipinski definition) is 0. The van der Waals surface area contributed by atoms with Gasteiger partial charge in [0.15, 0.2) is 0 Å². The van der Waals surface area contributed by atoms with Crippen LogP contribution in [0.4, 0.5) is 5.69 Å². The fourth-order valence-corrected chi connectivity index (χ4v) is 1.75. The third kappa shape index (κ3) is 5.63. The van der Waals surface area contributed by atoms with Crippen molar-refractivity contribution < 1.29 is 23.7 Å². The topological polar surface area (TPSA) is 66.4 Å². The van der Waals surface area contributed by atoms with Crippen LogP contribution in [0.3, 0.4) is 0 Å². The van der Waals surface area contributed by atoms with Gasteiger partial charge in [-0.05, 0) is 18.2 Å². The first-order chi connectivity index (χ1) is 10.4. The molecule has 0 N–H and O–H groups in total. The van der Waals surface area contributed by atoms with E-state index in [2.05, 4.69) is 4.99 Å². The number of rotatable bonds is 1. The smallest absolute Gasteiger partial charge is 0.150 e. The Hall–Kier alpha value is -1.76. The molecule has 0 amide bonds. The molecule has 1 aromatic carbocycles. The summed E-state index contributed by atoms with van der Waals surface area (Å²) in [4.78, 5) is 15.1. The van der Waals surface area contributed by atoms with Crippen LogP contribution in [0.2, 0.25) is 0 Å². The lowest BCUT2D eigenvalue weighted by Crippen LogP contribution is -2.12. The Morgan fingerprint density at radius 1 is 0.952 bits per heavy atom. The molecule has 0 radical (unpaired) electrons. The van der Waals surface area contributed by atoms with E-state index in [0.717, 1.165) is 6.29 Å². The maximum absolute atomic E-state index is 10.8. The van der Waals surface area contributed by atoms with Crippen LogP contribution in [-0.4, -0.2) is 58.7 Å². The molecule has 1 aliphatic heterocycles. The number of nitrogens with zero attached hydrogens (tertiary/aromatic N) is 1. The lowest BCUT2D eigenvalue weighted by Gasteiger charge is -2.10. The van der Waals surface area contributed by atoms with Gasteiger partial charge < -0.3 is 18.9 Å². The molecule has 6 heteroatoms. The van der Waals surface area contributed by atoms with E-state index < -0.39 is 0 Å². The zero-order chi connectivity index (χ0) is 14.8. The van der Waals surface area contributed by atoms with Gasteiger partial charge in [-0.1, -0.05) is 0 Å². The van der Waals surface area contributed by atoms with Gasteiger partial charge in [-0.3, -0.25) is 9.79 Å². The van der Waals surface area contributed by atoms with Crippen LogP contribution in [0.1, 0.15) is 10.4 Å². The fraction of sp³-hybridized carbons (Fsp3) is 0.467. The molecule has 0 unspecified atom stereocenters. The largest absolute Gasteiger partial charge is 0.489 e. The van der Waals surface area contributed by atoms with Crippen molar-refractivity contribution >= 4 is 18.2 Å². The summed E-state index contributed by atoms with van der Waals surface area (Å²) in [7, 11) is 0. The van der Waals surface area contributed by atoms with Crippen LogP contribution in [0.15, 0.2) is 23.2 Å². The molecule has 0 saturated carbocycles. The van der Waals surface area contributed by atoms with E-state index in [1.807, 2.05) is 0 Å². The number of aliphatic imine (C=N–C) groups is 1. The second-order valence-corrected chi connectivity index (χ2v) is 4.30. The van der Waals surface area contributed by atoms with Crippen molar-refractivity contribution in [3.05, 3.63) is 23.8 Å². The van der Waals surface area contributed by atoms with E-state index in [-0.39, 0.29) is 0 Å². The van der Waals surface area contributed by atoms with Gasteiger partial charge in [-0.25, -0.2) is 0 Å². The third-order valence-corrected chi connectivity index (χ3v) is 2.77. The van der Waals surface area contributed by atoms with Gasteiger partial charge in [-0.15, -0.1) is 0 Å². The Kier molecular flexibility index (Phi) is 6.87. The Morgan fingerprint density at radius 3 is 2.43 bits per heavy atom. The molecule has 0 aromatic heterocycles. The molecule has 0 bridgehead atoms. The van der Waals surface area contributed by atoms with Crippen molar-refractivity contribution in [3.63, 3.8) is 0 Å². The lowest BCUT2D eigenvalue weighted by molar-refractivity contribution is 0.0153. The number of carbonyl (C=O) groups is 1. The van der Waals surface area contributed by atoms with Gasteiger partial charge in [0, 0.05) is 11.8 Å². The van der Waals surface area contributed by atoms with Gasteiger partial charge in [-0.2, -0.15) is 0 Å². The second kappa shape index (κ2) is 9.23. The Bertz CT molecular complexity index is 475. The first-order valence-electron chi connectivity index (χ1n) is 6.88. The van der Waals surface area contributed by atoms with E-state index in [9.17, 15) is 4.79 Å². The molecule has 0 aliphatic carbocycles. The number of fused-ring (bicyclic) bond motifs is 1. The zero-order valence-electron chi connectivity index (χ0n) is 11.8. The Labute approximate surface area is 123 Å². The highest BCUT2D eigenvalue weighted by Crippen LogP contribution is 2.28. The molecule has 1 heterocycles. The minimum Gasteiger partial charge on any atom is -0.489 e. The van der Waals surface area contributed by atoms with Crippen molar-refractivity contribution in [2.45, 2.75) is 0 Å².